The second-order valence-corrected chi connectivity index (χ2v) is 4.77. The molecule has 0 radical (unpaired) electrons. The van der Waals surface area contributed by atoms with E-state index >= 15 is 0 Å². The molecule has 0 bridgehead atoms. The molecular formula is C15H16FN3O4. The maximum absolute atomic E-state index is 13.2. The van der Waals surface area contributed by atoms with Crippen LogP contribution in [0, 0.1) is 12.7 Å². The van der Waals surface area contributed by atoms with Crippen molar-refractivity contribution in [3.63, 3.8) is 0 Å². The fraction of sp³-hybridized carbons (Fsp3) is 0.267. The molecule has 0 aliphatic carbocycles. The van der Waals surface area contributed by atoms with E-state index in [1.165, 1.54) is 31.4 Å². The zero-order valence-electron chi connectivity index (χ0n) is 12.6. The summed E-state index contributed by atoms with van der Waals surface area (Å²) in [5, 5.41) is 8.27. The Kier molecular flexibility index (Phi) is 5.42. The van der Waals surface area contributed by atoms with E-state index in [0.717, 1.165) is 0 Å². The highest BCUT2D eigenvalue weighted by atomic mass is 19.1. The normalized spacial score (nSPS) is 11.8. The third-order valence-corrected chi connectivity index (χ3v) is 3.03. The lowest BCUT2D eigenvalue weighted by molar-refractivity contribution is -0.136. The first-order valence-electron chi connectivity index (χ1n) is 6.80. The van der Waals surface area contributed by atoms with E-state index in [1.807, 2.05) is 0 Å². The molecule has 2 N–H and O–H groups in total. The Balaban J connectivity index is 1.90. The molecule has 1 heterocycles. The van der Waals surface area contributed by atoms with Crippen molar-refractivity contribution in [2.45, 2.75) is 13.0 Å². The number of rotatable bonds is 5. The average molecular weight is 321 g/mol. The van der Waals surface area contributed by atoms with Crippen molar-refractivity contribution in [2.24, 2.45) is 0 Å². The molecule has 2 rings (SSSR count). The van der Waals surface area contributed by atoms with Gasteiger partial charge in [0.25, 0.3) is 0 Å². The SMILES string of the molecule is COC(CNC(=O)C(=O)Nc1cc(C)on1)c1cccc(F)c1. The Bertz CT molecular complexity index is 702. The van der Waals surface area contributed by atoms with Crippen molar-refractivity contribution in [3.05, 3.63) is 47.5 Å². The summed E-state index contributed by atoms with van der Waals surface area (Å²) in [5.41, 5.74) is 0.556. The van der Waals surface area contributed by atoms with Crippen LogP contribution in [0.2, 0.25) is 0 Å². The minimum Gasteiger partial charge on any atom is -0.375 e. The predicted molar refractivity (Wildman–Crippen MR) is 79.0 cm³/mol. The van der Waals surface area contributed by atoms with E-state index in [4.69, 9.17) is 9.26 Å². The first kappa shape index (κ1) is 16.6. The van der Waals surface area contributed by atoms with Crippen LogP contribution in [0.15, 0.2) is 34.9 Å². The Morgan fingerprint density at radius 1 is 1.35 bits per heavy atom. The monoisotopic (exact) mass is 321 g/mol. The number of halogens is 1. The van der Waals surface area contributed by atoms with Gasteiger partial charge in [0.15, 0.2) is 5.82 Å². The summed E-state index contributed by atoms with van der Waals surface area (Å²) in [6.45, 7) is 1.68. The topological polar surface area (TPSA) is 93.5 Å². The molecule has 0 aliphatic rings. The maximum atomic E-state index is 13.2. The van der Waals surface area contributed by atoms with Crippen LogP contribution in [0.3, 0.4) is 0 Å². The molecule has 0 saturated heterocycles. The minimum atomic E-state index is -0.882. The molecule has 1 atom stereocenters. The molecular weight excluding hydrogens is 305 g/mol. The van der Waals surface area contributed by atoms with Crippen molar-refractivity contribution in [3.8, 4) is 0 Å². The van der Waals surface area contributed by atoms with Crippen LogP contribution in [-0.2, 0) is 14.3 Å². The number of hydrogen-bond donors (Lipinski definition) is 2. The first-order valence-corrected chi connectivity index (χ1v) is 6.80. The van der Waals surface area contributed by atoms with Crippen molar-refractivity contribution < 1.29 is 23.2 Å². The van der Waals surface area contributed by atoms with E-state index in [9.17, 15) is 14.0 Å². The number of methoxy groups -OCH3 is 1. The number of anilines is 1. The molecule has 0 spiro atoms. The van der Waals surface area contributed by atoms with Gasteiger partial charge in [0.2, 0.25) is 0 Å². The largest absolute Gasteiger partial charge is 0.375 e. The molecule has 1 unspecified atom stereocenters. The lowest BCUT2D eigenvalue weighted by Crippen LogP contribution is -2.38. The summed E-state index contributed by atoms with van der Waals surface area (Å²) in [7, 11) is 1.43. The van der Waals surface area contributed by atoms with Crippen molar-refractivity contribution in [1.29, 1.82) is 0 Å². The fourth-order valence-corrected chi connectivity index (χ4v) is 1.91. The maximum Gasteiger partial charge on any atom is 0.314 e. The third-order valence-electron chi connectivity index (χ3n) is 3.03. The molecule has 1 aromatic heterocycles. The van der Waals surface area contributed by atoms with E-state index in [0.29, 0.717) is 11.3 Å². The number of hydrogen-bond acceptors (Lipinski definition) is 5. The summed E-state index contributed by atoms with van der Waals surface area (Å²) >= 11 is 0. The van der Waals surface area contributed by atoms with Gasteiger partial charge >= 0.3 is 11.8 Å². The van der Waals surface area contributed by atoms with Gasteiger partial charge in [0.1, 0.15) is 11.6 Å². The van der Waals surface area contributed by atoms with Crippen LogP contribution in [0.5, 0.6) is 0 Å². The predicted octanol–water partition coefficient (Wildman–Crippen LogP) is 1.56. The minimum absolute atomic E-state index is 0.0179. The molecule has 1 aromatic carbocycles. The highest BCUT2D eigenvalue weighted by Gasteiger charge is 2.18. The molecule has 0 fully saturated rings. The van der Waals surface area contributed by atoms with Crippen LogP contribution < -0.4 is 10.6 Å². The zero-order valence-corrected chi connectivity index (χ0v) is 12.6. The standard InChI is InChI=1S/C15H16FN3O4/c1-9-6-13(19-23-9)18-15(21)14(20)17-8-12(22-2)10-4-3-5-11(16)7-10/h3-7,12H,8H2,1-2H3,(H,17,20)(H,18,19,21). The number of carbonyl (C=O) groups is 2. The third kappa shape index (κ3) is 4.62. The summed E-state index contributed by atoms with van der Waals surface area (Å²) in [4.78, 5) is 23.5. The summed E-state index contributed by atoms with van der Waals surface area (Å²) < 4.78 is 23.2. The van der Waals surface area contributed by atoms with Crippen molar-refractivity contribution in [1.82, 2.24) is 10.5 Å². The first-order chi connectivity index (χ1) is 11.0. The highest BCUT2D eigenvalue weighted by Crippen LogP contribution is 2.16. The number of aryl methyl sites for hydroxylation is 1. The Labute approximate surface area is 131 Å². The molecule has 8 heteroatoms. The van der Waals surface area contributed by atoms with Gasteiger partial charge in [-0.05, 0) is 24.6 Å². The number of carbonyl (C=O) groups excluding carboxylic acids is 2. The van der Waals surface area contributed by atoms with E-state index in [-0.39, 0.29) is 12.4 Å². The molecule has 2 aromatic rings. The van der Waals surface area contributed by atoms with Gasteiger partial charge in [-0.3, -0.25) is 14.9 Å². The van der Waals surface area contributed by atoms with E-state index in [2.05, 4.69) is 15.8 Å². The van der Waals surface area contributed by atoms with Crippen LogP contribution in [0.25, 0.3) is 0 Å². The molecule has 0 saturated carbocycles. The van der Waals surface area contributed by atoms with E-state index < -0.39 is 23.7 Å². The van der Waals surface area contributed by atoms with Crippen molar-refractivity contribution in [2.75, 3.05) is 19.0 Å². The quantitative estimate of drug-likeness (QED) is 0.815. The summed E-state index contributed by atoms with van der Waals surface area (Å²) in [6.07, 6.45) is -0.572. The Hall–Kier alpha value is -2.74. The lowest BCUT2D eigenvalue weighted by Gasteiger charge is -2.16. The van der Waals surface area contributed by atoms with Crippen LogP contribution in [0.4, 0.5) is 10.2 Å². The van der Waals surface area contributed by atoms with Gasteiger partial charge in [-0.25, -0.2) is 4.39 Å². The van der Waals surface area contributed by atoms with Gasteiger partial charge in [0.05, 0.1) is 6.10 Å². The highest BCUT2D eigenvalue weighted by molar-refractivity contribution is 6.39. The second-order valence-electron chi connectivity index (χ2n) is 4.77. The number of nitrogens with one attached hydrogen (secondary N) is 2. The average Bonchev–Trinajstić information content (AvgIpc) is 2.92. The Morgan fingerprint density at radius 2 is 2.13 bits per heavy atom. The Morgan fingerprint density at radius 3 is 2.74 bits per heavy atom. The van der Waals surface area contributed by atoms with Gasteiger partial charge in [-0.2, -0.15) is 0 Å². The summed E-state index contributed by atoms with van der Waals surface area (Å²) in [6, 6.07) is 7.30. The van der Waals surface area contributed by atoms with E-state index in [1.54, 1.807) is 13.0 Å². The molecule has 0 aliphatic heterocycles. The smallest absolute Gasteiger partial charge is 0.314 e. The number of ether oxygens (including phenoxy) is 1. The number of aromatic nitrogens is 1. The van der Waals surface area contributed by atoms with Crippen LogP contribution >= 0.6 is 0 Å². The fourth-order valence-electron chi connectivity index (χ4n) is 1.91. The lowest BCUT2D eigenvalue weighted by atomic mass is 10.1. The van der Waals surface area contributed by atoms with Crippen LogP contribution in [0.1, 0.15) is 17.4 Å². The van der Waals surface area contributed by atoms with Crippen molar-refractivity contribution >= 4 is 17.6 Å². The van der Waals surface area contributed by atoms with Gasteiger partial charge in [-0.15, -0.1) is 0 Å². The van der Waals surface area contributed by atoms with Crippen LogP contribution in [-0.4, -0.2) is 30.6 Å². The second kappa shape index (κ2) is 7.50. The summed E-state index contributed by atoms with van der Waals surface area (Å²) in [5.74, 6) is -1.49. The molecule has 2 amide bonds. The zero-order chi connectivity index (χ0) is 16.8. The molecule has 122 valence electrons. The molecule has 7 nitrogen and oxygen atoms in total. The van der Waals surface area contributed by atoms with Gasteiger partial charge in [0, 0.05) is 19.7 Å². The number of nitrogens with zero attached hydrogens (tertiary/aromatic N) is 1. The number of amides is 2. The van der Waals surface area contributed by atoms with Gasteiger partial charge in [-0.1, -0.05) is 17.3 Å². The molecule has 23 heavy (non-hydrogen) atoms. The van der Waals surface area contributed by atoms with Gasteiger partial charge < -0.3 is 14.6 Å². The number of benzene rings is 1.